The normalized spacial score (nSPS) is 28.8. The molecule has 2 aromatic heterocycles. The van der Waals surface area contributed by atoms with E-state index in [0.29, 0.717) is 37.1 Å². The number of ether oxygens (including phenoxy) is 1. The standard InChI is InChI=1S/C27H32N2O4/c1-4-27-16-26(3,31)23(30)13-21(27)9-7-18-12-19(8-10-22(18)27)25-29-24(15-33-25)32-14-20-6-5-11-28-17(20)2/h5-6,8,10-12,15,21,23,30-31H,4,7,9,13-14,16H2,1-3H3/t21-,23?,26?,27-/m1/s1. The molecule has 33 heavy (non-hydrogen) atoms. The predicted octanol–water partition coefficient (Wildman–Crippen LogP) is 4.74. The molecule has 0 amide bonds. The minimum absolute atomic E-state index is 0.110. The van der Waals surface area contributed by atoms with Crippen molar-refractivity contribution >= 4 is 0 Å². The minimum Gasteiger partial charge on any atom is -0.470 e. The fraction of sp³-hybridized carbons (Fsp3) is 0.481. The van der Waals surface area contributed by atoms with E-state index < -0.39 is 11.7 Å². The first-order valence-corrected chi connectivity index (χ1v) is 11.9. The molecule has 0 radical (unpaired) electrons. The summed E-state index contributed by atoms with van der Waals surface area (Å²) in [7, 11) is 0. The van der Waals surface area contributed by atoms with Gasteiger partial charge in [-0.3, -0.25) is 4.98 Å². The number of fused-ring (bicyclic) bond motifs is 3. The summed E-state index contributed by atoms with van der Waals surface area (Å²) in [5, 5.41) is 21.4. The molecule has 2 aliphatic rings. The van der Waals surface area contributed by atoms with Crippen LogP contribution in [-0.2, 0) is 18.4 Å². The lowest BCUT2D eigenvalue weighted by Gasteiger charge is -2.54. The van der Waals surface area contributed by atoms with E-state index in [9.17, 15) is 10.2 Å². The zero-order valence-electron chi connectivity index (χ0n) is 19.5. The second-order valence-corrected chi connectivity index (χ2v) is 9.93. The zero-order valence-corrected chi connectivity index (χ0v) is 19.5. The van der Waals surface area contributed by atoms with Gasteiger partial charge in [0.05, 0.1) is 11.7 Å². The molecule has 2 aliphatic carbocycles. The number of hydrogen-bond acceptors (Lipinski definition) is 6. The number of aliphatic hydroxyl groups is 2. The molecule has 2 N–H and O–H groups in total. The maximum Gasteiger partial charge on any atom is 0.253 e. The summed E-state index contributed by atoms with van der Waals surface area (Å²) in [5.41, 5.74) is 4.28. The van der Waals surface area contributed by atoms with Gasteiger partial charge in [0.2, 0.25) is 5.89 Å². The maximum absolute atomic E-state index is 10.9. The third kappa shape index (κ3) is 3.85. The largest absolute Gasteiger partial charge is 0.470 e. The molecule has 5 rings (SSSR count). The van der Waals surface area contributed by atoms with Gasteiger partial charge in [0, 0.05) is 28.4 Å². The lowest BCUT2D eigenvalue weighted by molar-refractivity contribution is -0.130. The van der Waals surface area contributed by atoms with E-state index in [0.717, 1.165) is 36.1 Å². The van der Waals surface area contributed by atoms with Gasteiger partial charge in [-0.2, -0.15) is 4.98 Å². The van der Waals surface area contributed by atoms with Crippen LogP contribution in [0, 0.1) is 12.8 Å². The molecule has 0 bridgehead atoms. The van der Waals surface area contributed by atoms with Crippen molar-refractivity contribution in [1.82, 2.24) is 9.97 Å². The molecule has 0 aliphatic heterocycles. The number of benzene rings is 1. The fourth-order valence-corrected chi connectivity index (χ4v) is 5.99. The number of aromatic nitrogens is 2. The number of oxazole rings is 1. The SMILES string of the molecule is CC[C@@]12CC(C)(O)C(O)C[C@H]1CCc1cc(-c3nc(OCc4cccnc4C)co3)ccc12. The molecular weight excluding hydrogens is 416 g/mol. The van der Waals surface area contributed by atoms with Crippen LogP contribution < -0.4 is 4.74 Å². The van der Waals surface area contributed by atoms with E-state index in [1.807, 2.05) is 19.1 Å². The molecule has 1 saturated carbocycles. The Kier molecular flexibility index (Phi) is 5.53. The van der Waals surface area contributed by atoms with Crippen LogP contribution in [0.1, 0.15) is 61.9 Å². The van der Waals surface area contributed by atoms with Gasteiger partial charge in [0.25, 0.3) is 5.88 Å². The average molecular weight is 449 g/mol. The Hall–Kier alpha value is -2.70. The molecular formula is C27H32N2O4. The molecule has 0 spiro atoms. The molecule has 6 nitrogen and oxygen atoms in total. The van der Waals surface area contributed by atoms with Gasteiger partial charge in [-0.05, 0) is 81.2 Å². The smallest absolute Gasteiger partial charge is 0.253 e. The van der Waals surface area contributed by atoms with Crippen LogP contribution in [0.5, 0.6) is 5.88 Å². The molecule has 174 valence electrons. The summed E-state index contributed by atoms with van der Waals surface area (Å²) in [4.78, 5) is 8.83. The van der Waals surface area contributed by atoms with E-state index >= 15 is 0 Å². The van der Waals surface area contributed by atoms with Gasteiger partial charge in [-0.25, -0.2) is 0 Å². The predicted molar refractivity (Wildman–Crippen MR) is 125 cm³/mol. The number of pyridine rings is 1. The van der Waals surface area contributed by atoms with E-state index in [1.54, 1.807) is 19.4 Å². The van der Waals surface area contributed by atoms with E-state index in [2.05, 4.69) is 35.1 Å². The zero-order chi connectivity index (χ0) is 23.2. The van der Waals surface area contributed by atoms with Crippen molar-refractivity contribution in [3.05, 3.63) is 65.2 Å². The van der Waals surface area contributed by atoms with Crippen molar-refractivity contribution in [1.29, 1.82) is 0 Å². The van der Waals surface area contributed by atoms with Crippen LogP contribution in [0.4, 0.5) is 0 Å². The molecule has 1 fully saturated rings. The highest BCUT2D eigenvalue weighted by Crippen LogP contribution is 2.55. The first kappa shape index (κ1) is 22.1. The molecule has 2 heterocycles. The lowest BCUT2D eigenvalue weighted by atomic mass is 9.52. The van der Waals surface area contributed by atoms with Gasteiger partial charge in [0.15, 0.2) is 6.26 Å². The highest BCUT2D eigenvalue weighted by molar-refractivity contribution is 5.58. The van der Waals surface area contributed by atoms with Gasteiger partial charge < -0.3 is 19.4 Å². The molecule has 4 atom stereocenters. The third-order valence-corrected chi connectivity index (χ3v) is 7.94. The number of aryl methyl sites for hydroxylation is 2. The second-order valence-electron chi connectivity index (χ2n) is 9.93. The summed E-state index contributed by atoms with van der Waals surface area (Å²) in [6.45, 7) is 6.32. The van der Waals surface area contributed by atoms with Crippen molar-refractivity contribution < 1.29 is 19.4 Å². The quantitative estimate of drug-likeness (QED) is 0.586. The van der Waals surface area contributed by atoms with E-state index in [-0.39, 0.29) is 5.41 Å². The molecule has 2 unspecified atom stereocenters. The first-order valence-electron chi connectivity index (χ1n) is 11.9. The Morgan fingerprint density at radius 3 is 2.91 bits per heavy atom. The summed E-state index contributed by atoms with van der Waals surface area (Å²) in [5.74, 6) is 1.37. The number of hydrogen-bond donors (Lipinski definition) is 2. The molecule has 0 saturated heterocycles. The topological polar surface area (TPSA) is 88.6 Å². The van der Waals surface area contributed by atoms with Crippen LogP contribution in [0.2, 0.25) is 0 Å². The van der Waals surface area contributed by atoms with Crippen LogP contribution in [0.3, 0.4) is 0 Å². The molecule has 6 heteroatoms. The van der Waals surface area contributed by atoms with Crippen LogP contribution in [-0.4, -0.2) is 31.9 Å². The summed E-state index contributed by atoms with van der Waals surface area (Å²) in [6, 6.07) is 10.3. The average Bonchev–Trinajstić information content (AvgIpc) is 3.28. The minimum atomic E-state index is -1.07. The van der Waals surface area contributed by atoms with Crippen molar-refractivity contribution in [3.8, 4) is 17.3 Å². The van der Waals surface area contributed by atoms with E-state index in [1.165, 1.54) is 11.1 Å². The third-order valence-electron chi connectivity index (χ3n) is 7.94. The van der Waals surface area contributed by atoms with Crippen molar-refractivity contribution in [2.75, 3.05) is 0 Å². The summed E-state index contributed by atoms with van der Waals surface area (Å²) >= 11 is 0. The van der Waals surface area contributed by atoms with Gasteiger partial charge >= 0.3 is 0 Å². The van der Waals surface area contributed by atoms with Gasteiger partial charge in [-0.1, -0.05) is 19.1 Å². The Bertz CT molecular complexity index is 1150. The Morgan fingerprint density at radius 2 is 2.12 bits per heavy atom. The molecule has 3 aromatic rings. The van der Waals surface area contributed by atoms with Gasteiger partial charge in [0.1, 0.15) is 6.61 Å². The monoisotopic (exact) mass is 448 g/mol. The van der Waals surface area contributed by atoms with Crippen LogP contribution in [0.15, 0.2) is 47.2 Å². The van der Waals surface area contributed by atoms with Crippen LogP contribution >= 0.6 is 0 Å². The lowest BCUT2D eigenvalue weighted by Crippen LogP contribution is -2.56. The van der Waals surface area contributed by atoms with Gasteiger partial charge in [-0.15, -0.1) is 0 Å². The number of rotatable bonds is 5. The maximum atomic E-state index is 10.9. The fourth-order valence-electron chi connectivity index (χ4n) is 5.99. The second kappa shape index (κ2) is 8.26. The molecule has 1 aromatic carbocycles. The highest BCUT2D eigenvalue weighted by Gasteiger charge is 2.53. The Morgan fingerprint density at radius 1 is 1.27 bits per heavy atom. The Balaban J connectivity index is 1.39. The van der Waals surface area contributed by atoms with Crippen molar-refractivity contribution in [2.24, 2.45) is 5.92 Å². The number of aliphatic hydroxyl groups excluding tert-OH is 1. The summed E-state index contributed by atoms with van der Waals surface area (Å²) < 4.78 is 11.6. The first-order chi connectivity index (χ1) is 15.8. The van der Waals surface area contributed by atoms with Crippen LogP contribution in [0.25, 0.3) is 11.5 Å². The van der Waals surface area contributed by atoms with Crippen molar-refractivity contribution in [2.45, 2.75) is 76.6 Å². The highest BCUT2D eigenvalue weighted by atomic mass is 16.5. The van der Waals surface area contributed by atoms with E-state index in [4.69, 9.17) is 9.15 Å². The Labute approximate surface area is 194 Å². The summed E-state index contributed by atoms with van der Waals surface area (Å²) in [6.07, 6.45) is 6.80. The van der Waals surface area contributed by atoms with Crippen molar-refractivity contribution in [3.63, 3.8) is 0 Å². The number of nitrogens with zero attached hydrogens (tertiary/aromatic N) is 2.